The normalized spacial score (nSPS) is 14.6. The van der Waals surface area contributed by atoms with Crippen LogP contribution in [0.3, 0.4) is 0 Å². The van der Waals surface area contributed by atoms with Crippen LogP contribution in [0.25, 0.3) is 27.5 Å². The minimum atomic E-state index is -2.01. The fourth-order valence-electron chi connectivity index (χ4n) is 11.0. The SMILES string of the molecule is Cc1cc2c3c(c1)S(c1ccccc1)(c1ccccc1)c1cc(C)cc4c1B3c1c(cc(-n3c5ccccc5c5ccccc53)cc1N4c1ccccc1)N2c1ccccc1. The molecule has 0 N–H and O–H groups in total. The van der Waals surface area contributed by atoms with Gasteiger partial charge in [-0.05, 0) is 148 Å². The van der Waals surface area contributed by atoms with Crippen molar-refractivity contribution in [2.75, 3.05) is 9.80 Å². The van der Waals surface area contributed by atoms with E-state index in [1.165, 1.54) is 91.7 Å². The molecule has 1 aromatic heterocycles. The second-order valence-corrected chi connectivity index (χ2v) is 19.7. The van der Waals surface area contributed by atoms with Crippen LogP contribution in [0, 0.1) is 13.8 Å². The lowest BCUT2D eigenvalue weighted by atomic mass is 9.33. The molecule has 0 saturated heterocycles. The highest BCUT2D eigenvalue weighted by Crippen LogP contribution is 2.75. The smallest absolute Gasteiger partial charge is 0.255 e. The molecule has 0 amide bonds. The standard InChI is InChI=1S/C56H40BN3S/c1-37-31-48-55-52(33-37)61(42-23-11-5-12-24-42,43-25-13-6-14-26-43)53-34-38(2)32-49-56(53)57(55)54-50(58(48)39-19-7-3-8-20-39)35-41(36-51(54)59(49)40-21-9-4-10-22-40)60-46-29-17-15-27-44(46)45-28-16-18-30-47(45)60/h3-36H,1-2H3. The molecule has 0 aliphatic carbocycles. The van der Waals surface area contributed by atoms with Gasteiger partial charge in [0.05, 0.1) is 16.7 Å². The van der Waals surface area contributed by atoms with Gasteiger partial charge in [0.1, 0.15) is 0 Å². The fraction of sp³-hybridized carbons (Fsp3) is 0.0357. The number of para-hydroxylation sites is 4. The van der Waals surface area contributed by atoms with Gasteiger partial charge in [0.15, 0.2) is 0 Å². The third-order valence-corrected chi connectivity index (χ3v) is 17.2. The molecule has 0 radical (unpaired) electrons. The van der Waals surface area contributed by atoms with E-state index in [1.54, 1.807) is 0 Å². The lowest BCUT2D eigenvalue weighted by Crippen LogP contribution is -2.65. The van der Waals surface area contributed by atoms with E-state index in [1.807, 2.05) is 0 Å². The number of nitrogens with zero attached hydrogens (tertiary/aromatic N) is 3. The van der Waals surface area contributed by atoms with Crippen molar-refractivity contribution < 1.29 is 0 Å². The van der Waals surface area contributed by atoms with E-state index < -0.39 is 10.0 Å². The number of fused-ring (bicyclic) bond motifs is 3. The molecule has 3 nitrogen and oxygen atoms in total. The van der Waals surface area contributed by atoms with E-state index in [0.717, 1.165) is 17.1 Å². The minimum absolute atomic E-state index is 0.0152. The summed E-state index contributed by atoms with van der Waals surface area (Å²) in [7, 11) is -2.01. The Kier molecular flexibility index (Phi) is 7.32. The van der Waals surface area contributed by atoms with Crippen LogP contribution in [0.4, 0.5) is 34.1 Å². The Bertz CT molecular complexity index is 3180. The van der Waals surface area contributed by atoms with Crippen molar-refractivity contribution in [3.63, 3.8) is 0 Å². The zero-order valence-corrected chi connectivity index (χ0v) is 34.8. The first-order chi connectivity index (χ1) is 30.1. The average Bonchev–Trinajstić information content (AvgIpc) is 3.64. The number of hydrogen-bond acceptors (Lipinski definition) is 2. The Morgan fingerprint density at radius 3 is 1.18 bits per heavy atom. The van der Waals surface area contributed by atoms with Gasteiger partial charge in [0.2, 0.25) is 0 Å². The molecule has 9 aromatic carbocycles. The summed E-state index contributed by atoms with van der Waals surface area (Å²) in [6.45, 7) is 4.61. The molecule has 0 saturated carbocycles. The van der Waals surface area contributed by atoms with Crippen LogP contribution in [0.1, 0.15) is 11.1 Å². The van der Waals surface area contributed by atoms with E-state index in [-0.39, 0.29) is 6.71 Å². The first-order valence-corrected chi connectivity index (χ1v) is 22.8. The number of hydrogen-bond donors (Lipinski definition) is 0. The van der Waals surface area contributed by atoms with Gasteiger partial charge in [0, 0.05) is 54.7 Å². The van der Waals surface area contributed by atoms with E-state index >= 15 is 0 Å². The quantitative estimate of drug-likeness (QED) is 0.161. The molecule has 3 aliphatic rings. The summed E-state index contributed by atoms with van der Waals surface area (Å²) in [5.74, 6) is 0. The highest BCUT2D eigenvalue weighted by Gasteiger charge is 2.53. The van der Waals surface area contributed by atoms with Gasteiger partial charge >= 0.3 is 0 Å². The van der Waals surface area contributed by atoms with E-state index in [9.17, 15) is 0 Å². The third-order valence-electron chi connectivity index (χ3n) is 13.2. The first kappa shape index (κ1) is 34.6. The molecule has 0 bridgehead atoms. The van der Waals surface area contributed by atoms with Crippen LogP contribution in [0.5, 0.6) is 0 Å². The number of rotatable bonds is 5. The van der Waals surface area contributed by atoms with Gasteiger partial charge < -0.3 is 14.4 Å². The predicted molar refractivity (Wildman–Crippen MR) is 258 cm³/mol. The maximum absolute atomic E-state index is 2.59. The maximum atomic E-state index is 2.59. The van der Waals surface area contributed by atoms with E-state index in [2.05, 4.69) is 234 Å². The summed E-state index contributed by atoms with van der Waals surface area (Å²) in [4.78, 5) is 10.8. The molecule has 4 heterocycles. The average molecular weight is 798 g/mol. The molecule has 3 aliphatic heterocycles. The topological polar surface area (TPSA) is 11.4 Å². The Morgan fingerprint density at radius 2 is 0.738 bits per heavy atom. The Balaban J connectivity index is 1.25. The molecule has 0 atom stereocenters. The highest BCUT2D eigenvalue weighted by molar-refractivity contribution is 8.34. The molecular formula is C56H40BN3S. The molecule has 288 valence electrons. The lowest BCUT2D eigenvalue weighted by Gasteiger charge is -2.54. The van der Waals surface area contributed by atoms with Gasteiger partial charge in [0.25, 0.3) is 6.71 Å². The van der Waals surface area contributed by atoms with Crippen molar-refractivity contribution in [1.82, 2.24) is 4.57 Å². The van der Waals surface area contributed by atoms with Crippen LogP contribution >= 0.6 is 10.0 Å². The van der Waals surface area contributed by atoms with Crippen molar-refractivity contribution >= 4 is 89.1 Å². The van der Waals surface area contributed by atoms with E-state index in [0.29, 0.717) is 0 Å². The zero-order valence-electron chi connectivity index (χ0n) is 34.0. The van der Waals surface area contributed by atoms with Crippen molar-refractivity contribution in [2.45, 2.75) is 33.4 Å². The van der Waals surface area contributed by atoms with Crippen LogP contribution in [-0.2, 0) is 0 Å². The highest BCUT2D eigenvalue weighted by atomic mass is 32.3. The van der Waals surface area contributed by atoms with Gasteiger partial charge in [-0.3, -0.25) is 0 Å². The van der Waals surface area contributed by atoms with Crippen molar-refractivity contribution in [2.24, 2.45) is 0 Å². The minimum Gasteiger partial charge on any atom is -0.311 e. The van der Waals surface area contributed by atoms with Gasteiger partial charge in [-0.1, -0.05) is 109 Å². The zero-order chi connectivity index (χ0) is 40.4. The van der Waals surface area contributed by atoms with Crippen LogP contribution in [0.2, 0.25) is 0 Å². The monoisotopic (exact) mass is 797 g/mol. The molecule has 5 heteroatoms. The van der Waals surface area contributed by atoms with Crippen molar-refractivity contribution in [3.8, 4) is 5.69 Å². The number of benzene rings is 9. The summed E-state index contributed by atoms with van der Waals surface area (Å²) in [6, 6.07) is 77.7. The largest absolute Gasteiger partial charge is 0.311 e. The molecule has 13 rings (SSSR count). The second-order valence-electron chi connectivity index (χ2n) is 16.7. The number of aromatic nitrogens is 1. The Hall–Kier alpha value is -7.21. The fourth-order valence-corrected chi connectivity index (χ4v) is 15.5. The van der Waals surface area contributed by atoms with Crippen molar-refractivity contribution in [3.05, 3.63) is 217 Å². The summed E-state index contributed by atoms with van der Waals surface area (Å²) in [5.41, 5.74) is 17.5. The van der Waals surface area contributed by atoms with E-state index in [4.69, 9.17) is 0 Å². The second kappa shape index (κ2) is 12.9. The van der Waals surface area contributed by atoms with Gasteiger partial charge in [-0.15, -0.1) is 10.0 Å². The summed E-state index contributed by atoms with van der Waals surface area (Å²) in [6.07, 6.45) is 0. The predicted octanol–water partition coefficient (Wildman–Crippen LogP) is 13.1. The van der Waals surface area contributed by atoms with Crippen LogP contribution in [-0.4, -0.2) is 11.3 Å². The summed E-state index contributed by atoms with van der Waals surface area (Å²) < 4.78 is 2.49. The van der Waals surface area contributed by atoms with Crippen LogP contribution < -0.4 is 26.2 Å². The summed E-state index contributed by atoms with van der Waals surface area (Å²) in [5, 5.41) is 2.52. The third kappa shape index (κ3) is 4.67. The van der Waals surface area contributed by atoms with Crippen molar-refractivity contribution in [1.29, 1.82) is 0 Å². The Labute approximate surface area is 358 Å². The maximum Gasteiger partial charge on any atom is 0.255 e. The molecule has 0 unspecified atom stereocenters. The summed E-state index contributed by atoms with van der Waals surface area (Å²) >= 11 is 0. The first-order valence-electron chi connectivity index (χ1n) is 21.2. The number of anilines is 6. The molecule has 0 fully saturated rings. The number of aryl methyl sites for hydroxylation is 2. The Morgan fingerprint density at radius 1 is 0.361 bits per heavy atom. The van der Waals surface area contributed by atoms with Crippen LogP contribution in [0.15, 0.2) is 226 Å². The van der Waals surface area contributed by atoms with Gasteiger partial charge in [-0.25, -0.2) is 0 Å². The molecule has 0 spiro atoms. The molecule has 61 heavy (non-hydrogen) atoms. The lowest BCUT2D eigenvalue weighted by molar-refractivity contribution is 1.14. The molecule has 10 aromatic rings. The molecular weight excluding hydrogens is 758 g/mol. The van der Waals surface area contributed by atoms with Gasteiger partial charge in [-0.2, -0.15) is 0 Å².